The predicted molar refractivity (Wildman–Crippen MR) is 127 cm³/mol. The van der Waals surface area contributed by atoms with Gasteiger partial charge in [0.15, 0.2) is 0 Å². The van der Waals surface area contributed by atoms with Crippen LogP contribution in [0.1, 0.15) is 37.8 Å². The molecular weight excluding hydrogens is 458 g/mol. The van der Waals surface area contributed by atoms with Crippen LogP contribution in [-0.4, -0.2) is 35.1 Å². The summed E-state index contributed by atoms with van der Waals surface area (Å²) < 4.78 is 14.0. The number of hydrogen-bond acceptors (Lipinski definition) is 3. The lowest BCUT2D eigenvalue weighted by atomic mass is 10.1. The monoisotopic (exact) mass is 484 g/mol. The minimum atomic E-state index is -0.618. The van der Waals surface area contributed by atoms with Crippen molar-refractivity contribution in [3.63, 3.8) is 0 Å². The molecule has 0 aliphatic carbocycles. The van der Waals surface area contributed by atoms with Crippen molar-refractivity contribution in [2.24, 2.45) is 0 Å². The molecule has 2 aromatic rings. The summed E-state index contributed by atoms with van der Waals surface area (Å²) in [6.45, 7) is 4.61. The van der Waals surface area contributed by atoms with Gasteiger partial charge in [-0.15, -0.1) is 11.8 Å². The van der Waals surface area contributed by atoms with Crippen molar-refractivity contribution < 1.29 is 14.0 Å². The largest absolute Gasteiger partial charge is 0.354 e. The van der Waals surface area contributed by atoms with Crippen molar-refractivity contribution in [3.05, 3.63) is 69.5 Å². The maximum absolute atomic E-state index is 14.0. The molecule has 0 saturated carbocycles. The standard InChI is InChI=1S/C23H27Cl2FN2O2S/c1-3-12-27-23(30)21(4-2)28(13-16-8-5-6-9-18(16)24)22(29)15-31-14-17-19(25)10-7-11-20(17)26/h5-11,21H,3-4,12-15H2,1-2H3,(H,27,30)/t21-/m1/s1. The van der Waals surface area contributed by atoms with Gasteiger partial charge < -0.3 is 10.2 Å². The third-order valence-electron chi connectivity index (χ3n) is 4.77. The molecule has 0 spiro atoms. The number of thioether (sulfide) groups is 1. The van der Waals surface area contributed by atoms with Gasteiger partial charge in [0.25, 0.3) is 0 Å². The highest BCUT2D eigenvalue weighted by molar-refractivity contribution is 7.99. The third kappa shape index (κ3) is 7.41. The zero-order valence-electron chi connectivity index (χ0n) is 17.7. The zero-order valence-corrected chi connectivity index (χ0v) is 20.0. The Morgan fingerprint density at radius 2 is 1.81 bits per heavy atom. The van der Waals surface area contributed by atoms with Gasteiger partial charge in [0.2, 0.25) is 11.8 Å². The Balaban J connectivity index is 2.16. The van der Waals surface area contributed by atoms with Gasteiger partial charge >= 0.3 is 0 Å². The Morgan fingerprint density at radius 1 is 1.10 bits per heavy atom. The molecule has 0 radical (unpaired) electrons. The molecule has 2 rings (SSSR count). The summed E-state index contributed by atoms with van der Waals surface area (Å²) in [6.07, 6.45) is 1.27. The fourth-order valence-electron chi connectivity index (χ4n) is 3.09. The van der Waals surface area contributed by atoms with Gasteiger partial charge in [-0.05, 0) is 36.6 Å². The molecule has 2 amide bonds. The topological polar surface area (TPSA) is 49.4 Å². The average Bonchev–Trinajstić information content (AvgIpc) is 2.75. The molecule has 0 saturated heterocycles. The molecule has 0 unspecified atom stereocenters. The van der Waals surface area contributed by atoms with Gasteiger partial charge in [0.05, 0.1) is 5.75 Å². The van der Waals surface area contributed by atoms with Crippen LogP contribution in [0.15, 0.2) is 42.5 Å². The second-order valence-corrected chi connectivity index (χ2v) is 8.82. The van der Waals surface area contributed by atoms with Crippen molar-refractivity contribution in [3.8, 4) is 0 Å². The van der Waals surface area contributed by atoms with Gasteiger partial charge in [-0.3, -0.25) is 9.59 Å². The first-order chi connectivity index (χ1) is 14.9. The molecule has 0 fully saturated rings. The Kier molecular flexibility index (Phi) is 10.6. The number of benzene rings is 2. The van der Waals surface area contributed by atoms with Crippen LogP contribution >= 0.6 is 35.0 Å². The summed E-state index contributed by atoms with van der Waals surface area (Å²) in [5.74, 6) is -0.448. The lowest BCUT2D eigenvalue weighted by molar-refractivity contribution is -0.139. The first-order valence-electron chi connectivity index (χ1n) is 10.2. The number of carbonyl (C=O) groups excluding carboxylic acids is 2. The molecule has 168 valence electrons. The Morgan fingerprint density at radius 3 is 2.45 bits per heavy atom. The Labute approximate surface area is 197 Å². The summed E-state index contributed by atoms with van der Waals surface area (Å²) in [5, 5.41) is 3.74. The molecule has 1 N–H and O–H groups in total. The summed E-state index contributed by atoms with van der Waals surface area (Å²) in [7, 11) is 0. The average molecular weight is 485 g/mol. The normalized spacial score (nSPS) is 11.8. The minimum Gasteiger partial charge on any atom is -0.354 e. The van der Waals surface area contributed by atoms with Gasteiger partial charge in [0, 0.05) is 34.5 Å². The maximum Gasteiger partial charge on any atom is 0.242 e. The second-order valence-electron chi connectivity index (χ2n) is 7.02. The molecule has 0 aromatic heterocycles. The molecule has 2 aromatic carbocycles. The van der Waals surface area contributed by atoms with E-state index in [4.69, 9.17) is 23.2 Å². The smallest absolute Gasteiger partial charge is 0.242 e. The SMILES string of the molecule is CCCNC(=O)[C@@H](CC)N(Cc1ccccc1Cl)C(=O)CSCc1c(F)cccc1Cl. The molecule has 31 heavy (non-hydrogen) atoms. The molecule has 0 bridgehead atoms. The number of carbonyl (C=O) groups is 2. The van der Waals surface area contributed by atoms with E-state index in [1.807, 2.05) is 32.0 Å². The summed E-state index contributed by atoms with van der Waals surface area (Å²) in [5.41, 5.74) is 1.13. The van der Waals surface area contributed by atoms with Crippen LogP contribution in [0.25, 0.3) is 0 Å². The van der Waals surface area contributed by atoms with E-state index < -0.39 is 11.9 Å². The molecule has 0 heterocycles. The van der Waals surface area contributed by atoms with Crippen LogP contribution in [0.5, 0.6) is 0 Å². The first kappa shape index (κ1) is 25.5. The molecule has 0 aliphatic rings. The van der Waals surface area contributed by atoms with Crippen LogP contribution in [0.3, 0.4) is 0 Å². The van der Waals surface area contributed by atoms with Crippen LogP contribution < -0.4 is 5.32 Å². The number of nitrogens with one attached hydrogen (secondary N) is 1. The summed E-state index contributed by atoms with van der Waals surface area (Å²) in [4.78, 5) is 27.4. The first-order valence-corrected chi connectivity index (χ1v) is 12.1. The van der Waals surface area contributed by atoms with E-state index in [0.29, 0.717) is 28.6 Å². The molecule has 8 heteroatoms. The highest BCUT2D eigenvalue weighted by Crippen LogP contribution is 2.25. The third-order valence-corrected chi connectivity index (χ3v) is 6.43. The molecular formula is C23H27Cl2FN2O2S. The van der Waals surface area contributed by atoms with Crippen molar-refractivity contribution in [2.45, 2.75) is 45.0 Å². The van der Waals surface area contributed by atoms with Crippen LogP contribution in [-0.2, 0) is 21.9 Å². The quantitative estimate of drug-likeness (QED) is 0.444. The van der Waals surface area contributed by atoms with Crippen molar-refractivity contribution >= 4 is 46.8 Å². The van der Waals surface area contributed by atoms with Gasteiger partial charge in [-0.25, -0.2) is 4.39 Å². The van der Waals surface area contributed by atoms with E-state index in [-0.39, 0.29) is 29.9 Å². The zero-order chi connectivity index (χ0) is 22.8. The summed E-state index contributed by atoms with van der Waals surface area (Å²) in [6, 6.07) is 11.2. The number of rotatable bonds is 11. The second kappa shape index (κ2) is 12.9. The van der Waals surface area contributed by atoms with E-state index >= 15 is 0 Å². The van der Waals surface area contributed by atoms with Crippen molar-refractivity contribution in [1.82, 2.24) is 10.2 Å². The van der Waals surface area contributed by atoms with Crippen LogP contribution in [0, 0.1) is 5.82 Å². The van der Waals surface area contributed by atoms with Crippen LogP contribution in [0.4, 0.5) is 4.39 Å². The minimum absolute atomic E-state index is 0.0900. The van der Waals surface area contributed by atoms with Gasteiger partial charge in [-0.2, -0.15) is 0 Å². The number of nitrogens with zero attached hydrogens (tertiary/aromatic N) is 1. The highest BCUT2D eigenvalue weighted by Gasteiger charge is 2.28. The number of hydrogen-bond donors (Lipinski definition) is 1. The lowest BCUT2D eigenvalue weighted by Crippen LogP contribution is -2.49. The molecule has 0 aliphatic heterocycles. The Hall–Kier alpha value is -1.76. The maximum atomic E-state index is 14.0. The highest BCUT2D eigenvalue weighted by atomic mass is 35.5. The number of amides is 2. The van der Waals surface area contributed by atoms with Crippen LogP contribution in [0.2, 0.25) is 10.0 Å². The van der Waals surface area contributed by atoms with E-state index in [9.17, 15) is 14.0 Å². The lowest BCUT2D eigenvalue weighted by Gasteiger charge is -2.31. The summed E-state index contributed by atoms with van der Waals surface area (Å²) >= 11 is 13.6. The number of halogens is 3. The van der Waals surface area contributed by atoms with Crippen molar-refractivity contribution in [2.75, 3.05) is 12.3 Å². The molecule has 1 atom stereocenters. The molecule has 4 nitrogen and oxygen atoms in total. The predicted octanol–water partition coefficient (Wildman–Crippen LogP) is 5.70. The fraction of sp³-hybridized carbons (Fsp3) is 0.391. The van der Waals surface area contributed by atoms with E-state index in [1.165, 1.54) is 17.8 Å². The van der Waals surface area contributed by atoms with E-state index in [2.05, 4.69) is 5.32 Å². The van der Waals surface area contributed by atoms with E-state index in [0.717, 1.165) is 12.0 Å². The fourth-order valence-corrected chi connectivity index (χ4v) is 4.53. The van der Waals surface area contributed by atoms with Crippen molar-refractivity contribution in [1.29, 1.82) is 0 Å². The Bertz CT molecular complexity index is 877. The van der Waals surface area contributed by atoms with E-state index in [1.54, 1.807) is 23.1 Å². The van der Waals surface area contributed by atoms with Gasteiger partial charge in [-0.1, -0.05) is 61.3 Å². The van der Waals surface area contributed by atoms with Gasteiger partial charge in [0.1, 0.15) is 11.9 Å².